The molecule has 5 heteroatoms. The Morgan fingerprint density at radius 1 is 1.30 bits per heavy atom. The first-order valence-corrected chi connectivity index (χ1v) is 7.00. The zero-order valence-electron chi connectivity index (χ0n) is 11.8. The van der Waals surface area contributed by atoms with Crippen molar-refractivity contribution in [1.82, 2.24) is 10.2 Å². The molecule has 1 aliphatic heterocycles. The third kappa shape index (κ3) is 4.06. The number of benzene rings is 1. The van der Waals surface area contributed by atoms with Gasteiger partial charge in [0.15, 0.2) is 0 Å². The van der Waals surface area contributed by atoms with Crippen molar-refractivity contribution in [2.75, 3.05) is 25.5 Å². The lowest BCUT2D eigenvalue weighted by molar-refractivity contribution is -0.135. The van der Waals surface area contributed by atoms with E-state index in [0.29, 0.717) is 0 Å². The number of likely N-dealkylation sites (N-methyl/N-ethyl adjacent to an activating group) is 1. The maximum Gasteiger partial charge on any atom is 0.243 e. The van der Waals surface area contributed by atoms with E-state index >= 15 is 0 Å². The maximum atomic E-state index is 12.2. The predicted octanol–water partition coefficient (Wildman–Crippen LogP) is 1.23. The van der Waals surface area contributed by atoms with Crippen LogP contribution in [0.5, 0.6) is 0 Å². The second-order valence-corrected chi connectivity index (χ2v) is 5.11. The van der Waals surface area contributed by atoms with Crippen LogP contribution >= 0.6 is 0 Å². The summed E-state index contributed by atoms with van der Waals surface area (Å²) in [7, 11) is 1.67. The van der Waals surface area contributed by atoms with Gasteiger partial charge >= 0.3 is 0 Å². The molecule has 5 nitrogen and oxygen atoms in total. The molecule has 20 heavy (non-hydrogen) atoms. The molecule has 2 amide bonds. The number of amides is 2. The molecule has 0 aromatic heterocycles. The Bertz CT molecular complexity index is 455. The molecule has 1 fully saturated rings. The van der Waals surface area contributed by atoms with Gasteiger partial charge in [0.2, 0.25) is 11.8 Å². The van der Waals surface area contributed by atoms with Crippen molar-refractivity contribution >= 4 is 17.5 Å². The van der Waals surface area contributed by atoms with E-state index in [1.165, 1.54) is 4.90 Å². The Kier molecular flexibility index (Phi) is 5.12. The standard InChI is InChI=1S/C15H21N3O2/c1-18(15(20)13-9-5-6-10-16-13)11-14(19)17-12-7-3-2-4-8-12/h2-4,7-8,13,16H,5-6,9-11H2,1H3,(H,17,19)/t13-/m1/s1. The Labute approximate surface area is 119 Å². The van der Waals surface area contributed by atoms with Crippen molar-refractivity contribution in [1.29, 1.82) is 0 Å². The van der Waals surface area contributed by atoms with E-state index in [1.54, 1.807) is 7.05 Å². The maximum absolute atomic E-state index is 12.2. The molecule has 1 saturated heterocycles. The molecule has 0 radical (unpaired) electrons. The first-order valence-electron chi connectivity index (χ1n) is 7.00. The molecule has 2 N–H and O–H groups in total. The van der Waals surface area contributed by atoms with Crippen LogP contribution in [0, 0.1) is 0 Å². The Hall–Kier alpha value is -1.88. The van der Waals surface area contributed by atoms with Gasteiger partial charge in [-0.05, 0) is 31.5 Å². The van der Waals surface area contributed by atoms with Crippen LogP contribution in [-0.4, -0.2) is 42.9 Å². The lowest BCUT2D eigenvalue weighted by Gasteiger charge is -2.27. The van der Waals surface area contributed by atoms with E-state index in [0.717, 1.165) is 31.5 Å². The van der Waals surface area contributed by atoms with Crippen LogP contribution in [0.4, 0.5) is 5.69 Å². The van der Waals surface area contributed by atoms with Gasteiger partial charge in [-0.1, -0.05) is 24.6 Å². The van der Waals surface area contributed by atoms with Crippen LogP contribution in [0.3, 0.4) is 0 Å². The SMILES string of the molecule is CN(CC(=O)Nc1ccccc1)C(=O)[C@H]1CCCCN1. The highest BCUT2D eigenvalue weighted by Crippen LogP contribution is 2.09. The predicted molar refractivity (Wildman–Crippen MR) is 78.4 cm³/mol. The number of anilines is 1. The number of para-hydroxylation sites is 1. The van der Waals surface area contributed by atoms with Gasteiger partial charge in [0.1, 0.15) is 0 Å². The minimum atomic E-state index is -0.178. The smallest absolute Gasteiger partial charge is 0.243 e. The van der Waals surface area contributed by atoms with E-state index in [2.05, 4.69) is 10.6 Å². The highest BCUT2D eigenvalue weighted by molar-refractivity contribution is 5.95. The van der Waals surface area contributed by atoms with Gasteiger partial charge in [-0.25, -0.2) is 0 Å². The number of nitrogens with zero attached hydrogens (tertiary/aromatic N) is 1. The Balaban J connectivity index is 1.82. The van der Waals surface area contributed by atoms with Crippen molar-refractivity contribution < 1.29 is 9.59 Å². The fourth-order valence-electron chi connectivity index (χ4n) is 2.34. The number of hydrogen-bond acceptors (Lipinski definition) is 3. The van der Waals surface area contributed by atoms with Gasteiger partial charge in [-0.3, -0.25) is 9.59 Å². The highest BCUT2D eigenvalue weighted by Gasteiger charge is 2.24. The summed E-state index contributed by atoms with van der Waals surface area (Å²) >= 11 is 0. The summed E-state index contributed by atoms with van der Waals surface area (Å²) in [6, 6.07) is 9.11. The quantitative estimate of drug-likeness (QED) is 0.868. The molecule has 108 valence electrons. The minimum absolute atomic E-state index is 0.00656. The molecule has 0 saturated carbocycles. The summed E-state index contributed by atoms with van der Waals surface area (Å²) in [5.74, 6) is -0.184. The van der Waals surface area contributed by atoms with E-state index in [1.807, 2.05) is 30.3 Å². The van der Waals surface area contributed by atoms with Crippen LogP contribution in [0.25, 0.3) is 0 Å². The van der Waals surface area contributed by atoms with Crippen molar-refractivity contribution in [2.45, 2.75) is 25.3 Å². The van der Waals surface area contributed by atoms with Crippen molar-refractivity contribution in [3.8, 4) is 0 Å². The van der Waals surface area contributed by atoms with Crippen molar-refractivity contribution in [2.24, 2.45) is 0 Å². The van der Waals surface area contributed by atoms with Gasteiger partial charge in [0, 0.05) is 12.7 Å². The van der Waals surface area contributed by atoms with Crippen LogP contribution in [0.2, 0.25) is 0 Å². The molecule has 2 rings (SSSR count). The average Bonchev–Trinajstić information content (AvgIpc) is 2.48. The lowest BCUT2D eigenvalue weighted by Crippen LogP contribution is -2.48. The van der Waals surface area contributed by atoms with Gasteiger partial charge < -0.3 is 15.5 Å². The molecular formula is C15H21N3O2. The summed E-state index contributed by atoms with van der Waals surface area (Å²) in [5.41, 5.74) is 0.745. The molecular weight excluding hydrogens is 254 g/mol. The summed E-state index contributed by atoms with van der Waals surface area (Å²) in [6.07, 6.45) is 3.03. The highest BCUT2D eigenvalue weighted by atomic mass is 16.2. The number of rotatable bonds is 4. The van der Waals surface area contributed by atoms with Gasteiger partial charge in [0.25, 0.3) is 0 Å². The van der Waals surface area contributed by atoms with Crippen LogP contribution in [0.1, 0.15) is 19.3 Å². The molecule has 1 atom stereocenters. The largest absolute Gasteiger partial charge is 0.335 e. The van der Waals surface area contributed by atoms with Gasteiger partial charge in [0.05, 0.1) is 12.6 Å². The molecule has 1 aromatic rings. The average molecular weight is 275 g/mol. The Morgan fingerprint density at radius 2 is 2.05 bits per heavy atom. The first-order chi connectivity index (χ1) is 9.66. The molecule has 1 aromatic carbocycles. The van der Waals surface area contributed by atoms with Crippen LogP contribution in [-0.2, 0) is 9.59 Å². The fraction of sp³-hybridized carbons (Fsp3) is 0.467. The second-order valence-electron chi connectivity index (χ2n) is 5.11. The molecule has 0 aliphatic carbocycles. The fourth-order valence-corrected chi connectivity index (χ4v) is 2.34. The second kappa shape index (κ2) is 7.05. The summed E-state index contributed by atoms with van der Waals surface area (Å²) in [5, 5.41) is 5.98. The number of piperidine rings is 1. The summed E-state index contributed by atoms with van der Waals surface area (Å²) in [4.78, 5) is 25.5. The van der Waals surface area contributed by atoms with E-state index < -0.39 is 0 Å². The number of carbonyl (C=O) groups excluding carboxylic acids is 2. The third-order valence-electron chi connectivity index (χ3n) is 3.42. The summed E-state index contributed by atoms with van der Waals surface area (Å²) in [6.45, 7) is 0.951. The van der Waals surface area contributed by atoms with E-state index in [4.69, 9.17) is 0 Å². The van der Waals surface area contributed by atoms with Gasteiger partial charge in [-0.15, -0.1) is 0 Å². The number of nitrogens with one attached hydrogen (secondary N) is 2. The van der Waals surface area contributed by atoms with E-state index in [9.17, 15) is 9.59 Å². The number of carbonyl (C=O) groups is 2. The van der Waals surface area contributed by atoms with Gasteiger partial charge in [-0.2, -0.15) is 0 Å². The molecule has 0 bridgehead atoms. The van der Waals surface area contributed by atoms with Crippen LogP contribution < -0.4 is 10.6 Å². The monoisotopic (exact) mass is 275 g/mol. The molecule has 0 unspecified atom stereocenters. The third-order valence-corrected chi connectivity index (χ3v) is 3.42. The van der Waals surface area contributed by atoms with Crippen molar-refractivity contribution in [3.63, 3.8) is 0 Å². The molecule has 1 aliphatic rings. The Morgan fingerprint density at radius 3 is 2.70 bits per heavy atom. The van der Waals surface area contributed by atoms with Crippen LogP contribution in [0.15, 0.2) is 30.3 Å². The molecule has 1 heterocycles. The van der Waals surface area contributed by atoms with Crippen molar-refractivity contribution in [3.05, 3.63) is 30.3 Å². The lowest BCUT2D eigenvalue weighted by atomic mass is 10.0. The van der Waals surface area contributed by atoms with E-state index in [-0.39, 0.29) is 24.4 Å². The molecule has 0 spiro atoms. The zero-order valence-corrected chi connectivity index (χ0v) is 11.8. The first kappa shape index (κ1) is 14.5. The normalized spacial score (nSPS) is 18.4. The number of hydrogen-bond donors (Lipinski definition) is 2. The topological polar surface area (TPSA) is 61.4 Å². The zero-order chi connectivity index (χ0) is 14.4. The minimum Gasteiger partial charge on any atom is -0.335 e. The summed E-state index contributed by atoms with van der Waals surface area (Å²) < 4.78 is 0.